The zero-order valence-electron chi connectivity index (χ0n) is 10.5. The Labute approximate surface area is 110 Å². The molecule has 1 N–H and O–H groups in total. The van der Waals surface area contributed by atoms with E-state index < -0.39 is 0 Å². The number of aryl methyl sites for hydroxylation is 2. The topological polar surface area (TPSA) is 59.3 Å². The first kappa shape index (κ1) is 11.7. The fourth-order valence-corrected chi connectivity index (χ4v) is 2.25. The third kappa shape index (κ3) is 2.17. The van der Waals surface area contributed by atoms with Crippen LogP contribution in [0.4, 0.5) is 5.69 Å². The largest absolute Gasteiger partial charge is 0.469 e. The van der Waals surface area contributed by atoms with Crippen molar-refractivity contribution in [1.29, 1.82) is 0 Å². The second-order valence-corrected chi connectivity index (χ2v) is 4.70. The van der Waals surface area contributed by atoms with Crippen molar-refractivity contribution in [2.24, 2.45) is 0 Å². The van der Waals surface area contributed by atoms with Gasteiger partial charge in [-0.05, 0) is 43.2 Å². The fraction of sp³-hybridized carbons (Fsp3) is 0.200. The van der Waals surface area contributed by atoms with Crippen LogP contribution in [-0.2, 0) is 11.2 Å². The van der Waals surface area contributed by atoms with Gasteiger partial charge < -0.3 is 9.73 Å². The van der Waals surface area contributed by atoms with Crippen LogP contribution in [0.3, 0.4) is 0 Å². The summed E-state index contributed by atoms with van der Waals surface area (Å²) in [7, 11) is 0. The molecule has 96 valence electrons. The van der Waals surface area contributed by atoms with Crippen LogP contribution in [0.5, 0.6) is 0 Å². The third-order valence-electron chi connectivity index (χ3n) is 3.26. The van der Waals surface area contributed by atoms with Crippen molar-refractivity contribution in [2.75, 3.05) is 5.32 Å². The number of ketones is 1. The first-order valence-electron chi connectivity index (χ1n) is 6.16. The number of furan rings is 1. The summed E-state index contributed by atoms with van der Waals surface area (Å²) < 4.78 is 5.16. The van der Waals surface area contributed by atoms with Crippen LogP contribution in [0.25, 0.3) is 0 Å². The van der Waals surface area contributed by atoms with Gasteiger partial charge in [0.2, 0.25) is 5.91 Å². The Bertz CT molecular complexity index is 670. The van der Waals surface area contributed by atoms with E-state index in [1.807, 2.05) is 6.07 Å². The number of carbonyl (C=O) groups excluding carboxylic acids is 2. The minimum atomic E-state index is -0.0587. The number of anilines is 1. The van der Waals surface area contributed by atoms with Crippen LogP contribution in [0.1, 0.15) is 33.7 Å². The first-order chi connectivity index (χ1) is 9.13. The van der Waals surface area contributed by atoms with Gasteiger partial charge in [0.25, 0.3) is 0 Å². The Kier molecular flexibility index (Phi) is 2.71. The van der Waals surface area contributed by atoms with E-state index in [1.165, 1.54) is 6.26 Å². The van der Waals surface area contributed by atoms with Gasteiger partial charge in [0.1, 0.15) is 12.0 Å². The molecule has 0 fully saturated rings. The first-order valence-corrected chi connectivity index (χ1v) is 6.16. The molecule has 1 aromatic heterocycles. The minimum absolute atomic E-state index is 0.0250. The molecule has 0 atom stereocenters. The number of amides is 1. The average Bonchev–Trinajstić information content (AvgIpc) is 2.84. The van der Waals surface area contributed by atoms with Crippen LogP contribution in [0, 0.1) is 6.92 Å². The maximum absolute atomic E-state index is 12.3. The van der Waals surface area contributed by atoms with Gasteiger partial charge in [-0.2, -0.15) is 0 Å². The summed E-state index contributed by atoms with van der Waals surface area (Å²) in [6, 6.07) is 7.09. The molecule has 4 heteroatoms. The number of fused-ring (bicyclic) bond motifs is 1. The second-order valence-electron chi connectivity index (χ2n) is 4.70. The van der Waals surface area contributed by atoms with Gasteiger partial charge in [-0.3, -0.25) is 9.59 Å². The highest BCUT2D eigenvalue weighted by Crippen LogP contribution is 2.25. The van der Waals surface area contributed by atoms with Crippen molar-refractivity contribution in [3.63, 3.8) is 0 Å². The van der Waals surface area contributed by atoms with Crippen LogP contribution < -0.4 is 5.32 Å². The number of hydrogen-bond acceptors (Lipinski definition) is 3. The molecular formula is C15H13NO3. The predicted octanol–water partition coefficient (Wildman–Crippen LogP) is 2.70. The molecule has 3 rings (SSSR count). The van der Waals surface area contributed by atoms with Gasteiger partial charge in [0.15, 0.2) is 5.78 Å². The maximum atomic E-state index is 12.3. The Hall–Kier alpha value is -2.36. The quantitative estimate of drug-likeness (QED) is 0.839. The fourth-order valence-electron chi connectivity index (χ4n) is 2.25. The molecule has 19 heavy (non-hydrogen) atoms. The van der Waals surface area contributed by atoms with Crippen LogP contribution >= 0.6 is 0 Å². The molecule has 2 aromatic rings. The highest BCUT2D eigenvalue weighted by molar-refractivity contribution is 6.09. The highest BCUT2D eigenvalue weighted by atomic mass is 16.3. The van der Waals surface area contributed by atoms with Gasteiger partial charge in [-0.15, -0.1) is 0 Å². The summed E-state index contributed by atoms with van der Waals surface area (Å²) in [4.78, 5) is 23.5. The van der Waals surface area contributed by atoms with E-state index in [-0.39, 0.29) is 11.7 Å². The lowest BCUT2D eigenvalue weighted by atomic mass is 9.97. The van der Waals surface area contributed by atoms with Crippen molar-refractivity contribution in [1.82, 2.24) is 0 Å². The van der Waals surface area contributed by atoms with Crippen molar-refractivity contribution in [3.8, 4) is 0 Å². The zero-order valence-corrected chi connectivity index (χ0v) is 10.5. The molecule has 0 unspecified atom stereocenters. The lowest BCUT2D eigenvalue weighted by molar-refractivity contribution is -0.116. The van der Waals surface area contributed by atoms with Gasteiger partial charge in [0.05, 0.1) is 5.56 Å². The molecule has 2 heterocycles. The summed E-state index contributed by atoms with van der Waals surface area (Å²) >= 11 is 0. The van der Waals surface area contributed by atoms with Gasteiger partial charge in [-0.1, -0.05) is 0 Å². The summed E-state index contributed by atoms with van der Waals surface area (Å²) in [6.07, 6.45) is 2.61. The smallest absolute Gasteiger partial charge is 0.224 e. The van der Waals surface area contributed by atoms with Gasteiger partial charge in [-0.25, -0.2) is 0 Å². The summed E-state index contributed by atoms with van der Waals surface area (Å²) in [5, 5.41) is 2.80. The van der Waals surface area contributed by atoms with Crippen molar-refractivity contribution < 1.29 is 14.0 Å². The molecule has 1 aliphatic rings. The number of carbonyl (C=O) groups is 2. The molecule has 1 aromatic carbocycles. The van der Waals surface area contributed by atoms with E-state index in [2.05, 4.69) is 5.32 Å². The van der Waals surface area contributed by atoms with E-state index in [4.69, 9.17) is 4.42 Å². The highest BCUT2D eigenvalue weighted by Gasteiger charge is 2.18. The number of nitrogens with one attached hydrogen (secondary N) is 1. The summed E-state index contributed by atoms with van der Waals surface area (Å²) in [6.45, 7) is 1.80. The normalized spacial score (nSPS) is 13.8. The lowest BCUT2D eigenvalue weighted by Crippen LogP contribution is -2.19. The van der Waals surface area contributed by atoms with Gasteiger partial charge in [0, 0.05) is 17.7 Å². The number of rotatable bonds is 2. The van der Waals surface area contributed by atoms with E-state index in [0.717, 1.165) is 11.3 Å². The third-order valence-corrected chi connectivity index (χ3v) is 3.26. The van der Waals surface area contributed by atoms with E-state index in [1.54, 1.807) is 25.1 Å². The molecule has 0 saturated carbocycles. The van der Waals surface area contributed by atoms with Gasteiger partial charge >= 0.3 is 0 Å². The standard InChI is InChI=1S/C15H13NO3/c1-9-6-12(8-19-9)15(18)11-2-4-13-10(7-11)3-5-14(17)16-13/h2,4,6-8H,3,5H2,1H3,(H,16,17). The number of hydrogen-bond donors (Lipinski definition) is 1. The molecule has 4 nitrogen and oxygen atoms in total. The van der Waals surface area contributed by atoms with E-state index in [9.17, 15) is 9.59 Å². The molecule has 0 radical (unpaired) electrons. The van der Waals surface area contributed by atoms with Crippen LogP contribution in [-0.4, -0.2) is 11.7 Å². The average molecular weight is 255 g/mol. The zero-order chi connectivity index (χ0) is 13.4. The molecule has 1 aliphatic heterocycles. The molecule has 0 spiro atoms. The summed E-state index contributed by atoms with van der Waals surface area (Å²) in [5.74, 6) is 0.683. The molecule has 0 bridgehead atoms. The number of benzene rings is 1. The maximum Gasteiger partial charge on any atom is 0.224 e. The Morgan fingerprint density at radius 2 is 2.05 bits per heavy atom. The SMILES string of the molecule is Cc1cc(C(=O)c2ccc3c(c2)CCC(=O)N3)co1. The van der Waals surface area contributed by atoms with Crippen LogP contribution in [0.15, 0.2) is 34.9 Å². The van der Waals surface area contributed by atoms with E-state index in [0.29, 0.717) is 29.7 Å². The molecule has 0 aliphatic carbocycles. The predicted molar refractivity (Wildman–Crippen MR) is 70.3 cm³/mol. The van der Waals surface area contributed by atoms with E-state index >= 15 is 0 Å². The molecular weight excluding hydrogens is 242 g/mol. The minimum Gasteiger partial charge on any atom is -0.469 e. The Morgan fingerprint density at radius 1 is 1.21 bits per heavy atom. The molecule has 0 saturated heterocycles. The monoisotopic (exact) mass is 255 g/mol. The Morgan fingerprint density at radius 3 is 2.79 bits per heavy atom. The molecule has 1 amide bonds. The second kappa shape index (κ2) is 4.39. The van der Waals surface area contributed by atoms with Crippen molar-refractivity contribution in [2.45, 2.75) is 19.8 Å². The Balaban J connectivity index is 1.94. The van der Waals surface area contributed by atoms with Crippen molar-refractivity contribution >= 4 is 17.4 Å². The lowest BCUT2D eigenvalue weighted by Gasteiger charge is -2.17. The van der Waals surface area contributed by atoms with Crippen molar-refractivity contribution in [3.05, 3.63) is 53.0 Å². The summed E-state index contributed by atoms with van der Waals surface area (Å²) in [5.41, 5.74) is 2.98. The van der Waals surface area contributed by atoms with Crippen LogP contribution in [0.2, 0.25) is 0 Å².